The third-order valence-corrected chi connectivity index (χ3v) is 4.08. The fraction of sp³-hybridized carbons (Fsp3) is 0.625. The summed E-state index contributed by atoms with van der Waals surface area (Å²) < 4.78 is 25.3. The third kappa shape index (κ3) is 1.96. The van der Waals surface area contributed by atoms with Crippen LogP contribution in [-0.4, -0.2) is 35.5 Å². The van der Waals surface area contributed by atoms with Gasteiger partial charge in [-0.3, -0.25) is 5.10 Å². The Morgan fingerprint density at radius 3 is 2.57 bits per heavy atom. The predicted molar refractivity (Wildman–Crippen MR) is 53.3 cm³/mol. The molecule has 0 aromatic carbocycles. The minimum absolute atomic E-state index is 0.0418. The SMILES string of the molecule is CCN(C(C)C)S(=O)(=O)c1cn[nH]c1. The van der Waals surface area contributed by atoms with Crippen molar-refractivity contribution in [2.45, 2.75) is 31.7 Å². The van der Waals surface area contributed by atoms with E-state index in [0.29, 0.717) is 6.54 Å². The molecule has 1 aromatic heterocycles. The quantitative estimate of drug-likeness (QED) is 0.812. The predicted octanol–water partition coefficient (Wildman–Crippen LogP) is 0.829. The molecule has 0 saturated heterocycles. The van der Waals surface area contributed by atoms with Gasteiger partial charge < -0.3 is 0 Å². The Morgan fingerprint density at radius 2 is 2.21 bits per heavy atom. The van der Waals surface area contributed by atoms with Crippen molar-refractivity contribution in [3.05, 3.63) is 12.4 Å². The van der Waals surface area contributed by atoms with E-state index in [2.05, 4.69) is 10.2 Å². The monoisotopic (exact) mass is 217 g/mol. The van der Waals surface area contributed by atoms with Gasteiger partial charge in [-0.1, -0.05) is 6.92 Å². The van der Waals surface area contributed by atoms with E-state index in [-0.39, 0.29) is 10.9 Å². The van der Waals surface area contributed by atoms with Gasteiger partial charge in [-0.25, -0.2) is 8.42 Å². The molecule has 0 fully saturated rings. The summed E-state index contributed by atoms with van der Waals surface area (Å²) in [6.07, 6.45) is 2.71. The molecule has 5 nitrogen and oxygen atoms in total. The lowest BCUT2D eigenvalue weighted by Crippen LogP contribution is -2.36. The first-order chi connectivity index (χ1) is 6.50. The molecule has 1 rings (SSSR count). The zero-order valence-electron chi connectivity index (χ0n) is 8.56. The van der Waals surface area contributed by atoms with Gasteiger partial charge in [0.25, 0.3) is 0 Å². The Morgan fingerprint density at radius 1 is 1.57 bits per heavy atom. The van der Waals surface area contributed by atoms with Crippen LogP contribution in [0.2, 0.25) is 0 Å². The van der Waals surface area contributed by atoms with Crippen LogP contribution in [0.3, 0.4) is 0 Å². The van der Waals surface area contributed by atoms with Crippen molar-refractivity contribution in [3.63, 3.8) is 0 Å². The van der Waals surface area contributed by atoms with Crippen LogP contribution in [0.15, 0.2) is 17.3 Å². The molecular formula is C8H15N3O2S. The highest BCUT2D eigenvalue weighted by Crippen LogP contribution is 2.15. The van der Waals surface area contributed by atoms with E-state index in [9.17, 15) is 8.42 Å². The highest BCUT2D eigenvalue weighted by atomic mass is 32.2. The molecule has 0 aliphatic rings. The summed E-state index contributed by atoms with van der Waals surface area (Å²) in [4.78, 5) is 0.216. The van der Waals surface area contributed by atoms with Crippen LogP contribution < -0.4 is 0 Å². The summed E-state index contributed by atoms with van der Waals surface area (Å²) in [6, 6.07) is -0.0418. The molecule has 0 atom stereocenters. The molecule has 0 unspecified atom stereocenters. The maximum atomic E-state index is 11.9. The van der Waals surface area contributed by atoms with E-state index >= 15 is 0 Å². The summed E-state index contributed by atoms with van der Waals surface area (Å²) in [7, 11) is -3.37. The van der Waals surface area contributed by atoms with Crippen LogP contribution in [0.5, 0.6) is 0 Å². The molecule has 1 aromatic rings. The molecule has 1 N–H and O–H groups in total. The average Bonchev–Trinajstić information content (AvgIpc) is 2.55. The number of nitrogens with zero attached hydrogens (tertiary/aromatic N) is 2. The summed E-state index contributed by atoms with van der Waals surface area (Å²) in [5.41, 5.74) is 0. The molecule has 0 spiro atoms. The molecule has 0 saturated carbocycles. The summed E-state index contributed by atoms with van der Waals surface area (Å²) in [6.45, 7) is 5.98. The van der Waals surface area contributed by atoms with Crippen LogP contribution in [-0.2, 0) is 10.0 Å². The van der Waals surface area contributed by atoms with E-state index in [4.69, 9.17) is 0 Å². The molecule has 0 aliphatic heterocycles. The maximum Gasteiger partial charge on any atom is 0.246 e. The Kier molecular flexibility index (Phi) is 3.28. The molecule has 14 heavy (non-hydrogen) atoms. The molecule has 0 radical (unpaired) electrons. The van der Waals surface area contributed by atoms with E-state index in [1.54, 1.807) is 0 Å². The van der Waals surface area contributed by atoms with Gasteiger partial charge in [0.1, 0.15) is 4.90 Å². The zero-order valence-corrected chi connectivity index (χ0v) is 9.37. The molecule has 0 bridgehead atoms. The van der Waals surface area contributed by atoms with Crippen LogP contribution >= 0.6 is 0 Å². The van der Waals surface area contributed by atoms with Crippen LogP contribution in [0.25, 0.3) is 0 Å². The van der Waals surface area contributed by atoms with Crippen molar-refractivity contribution in [3.8, 4) is 0 Å². The molecule has 1 heterocycles. The number of hydrogen-bond acceptors (Lipinski definition) is 3. The lowest BCUT2D eigenvalue weighted by atomic mass is 10.4. The summed E-state index contributed by atoms with van der Waals surface area (Å²) >= 11 is 0. The number of hydrogen-bond donors (Lipinski definition) is 1. The van der Waals surface area contributed by atoms with Crippen molar-refractivity contribution < 1.29 is 8.42 Å². The Balaban J connectivity index is 3.07. The normalized spacial score (nSPS) is 12.6. The van der Waals surface area contributed by atoms with Gasteiger partial charge in [-0.2, -0.15) is 9.40 Å². The topological polar surface area (TPSA) is 66.1 Å². The molecule has 0 amide bonds. The standard InChI is InChI=1S/C8H15N3O2S/c1-4-11(7(2)3)14(12,13)8-5-9-10-6-8/h5-7H,4H2,1-3H3,(H,9,10). The minimum Gasteiger partial charge on any atom is -0.284 e. The Bertz CT molecular complexity index is 369. The maximum absolute atomic E-state index is 11.9. The van der Waals surface area contributed by atoms with Crippen molar-refractivity contribution >= 4 is 10.0 Å². The highest BCUT2D eigenvalue weighted by molar-refractivity contribution is 7.89. The second-order valence-electron chi connectivity index (χ2n) is 3.24. The smallest absolute Gasteiger partial charge is 0.246 e. The van der Waals surface area contributed by atoms with Gasteiger partial charge in [-0.05, 0) is 13.8 Å². The summed E-state index contributed by atoms with van der Waals surface area (Å²) in [5.74, 6) is 0. The lowest BCUT2D eigenvalue weighted by Gasteiger charge is -2.23. The van der Waals surface area contributed by atoms with E-state index in [1.165, 1.54) is 16.7 Å². The summed E-state index contributed by atoms with van der Waals surface area (Å²) in [5, 5.41) is 6.13. The largest absolute Gasteiger partial charge is 0.284 e. The van der Waals surface area contributed by atoms with Gasteiger partial charge in [0, 0.05) is 18.8 Å². The second-order valence-corrected chi connectivity index (χ2v) is 5.13. The van der Waals surface area contributed by atoms with Gasteiger partial charge in [0.05, 0.1) is 6.20 Å². The number of aromatic nitrogens is 2. The molecule has 80 valence electrons. The zero-order chi connectivity index (χ0) is 10.8. The number of sulfonamides is 1. The van der Waals surface area contributed by atoms with Crippen molar-refractivity contribution in [2.75, 3.05) is 6.54 Å². The Labute approximate surface area is 84.2 Å². The van der Waals surface area contributed by atoms with Crippen molar-refractivity contribution in [1.29, 1.82) is 0 Å². The minimum atomic E-state index is -3.37. The van der Waals surface area contributed by atoms with Crippen molar-refractivity contribution in [2.24, 2.45) is 0 Å². The fourth-order valence-corrected chi connectivity index (χ4v) is 2.88. The fourth-order valence-electron chi connectivity index (χ4n) is 1.33. The molecule has 6 heteroatoms. The van der Waals surface area contributed by atoms with Crippen LogP contribution in [0.1, 0.15) is 20.8 Å². The number of H-pyrrole nitrogens is 1. The van der Waals surface area contributed by atoms with E-state index in [1.807, 2.05) is 20.8 Å². The number of aromatic amines is 1. The first-order valence-electron chi connectivity index (χ1n) is 4.50. The highest BCUT2D eigenvalue weighted by Gasteiger charge is 2.25. The first kappa shape index (κ1) is 11.2. The molecule has 0 aliphatic carbocycles. The van der Waals surface area contributed by atoms with Gasteiger partial charge in [0.2, 0.25) is 10.0 Å². The second kappa shape index (κ2) is 4.10. The van der Waals surface area contributed by atoms with Crippen molar-refractivity contribution in [1.82, 2.24) is 14.5 Å². The Hall–Kier alpha value is -0.880. The van der Waals surface area contributed by atoms with Gasteiger partial charge in [0.15, 0.2) is 0 Å². The van der Waals surface area contributed by atoms with E-state index in [0.717, 1.165) is 0 Å². The van der Waals surface area contributed by atoms with Crippen LogP contribution in [0.4, 0.5) is 0 Å². The first-order valence-corrected chi connectivity index (χ1v) is 5.94. The number of rotatable bonds is 4. The van der Waals surface area contributed by atoms with Crippen LogP contribution in [0, 0.1) is 0 Å². The number of nitrogens with one attached hydrogen (secondary N) is 1. The molecular weight excluding hydrogens is 202 g/mol. The lowest BCUT2D eigenvalue weighted by molar-refractivity contribution is 0.369. The average molecular weight is 217 g/mol. The van der Waals surface area contributed by atoms with E-state index < -0.39 is 10.0 Å². The van der Waals surface area contributed by atoms with Gasteiger partial charge in [-0.15, -0.1) is 0 Å². The van der Waals surface area contributed by atoms with Gasteiger partial charge >= 0.3 is 0 Å². The third-order valence-electron chi connectivity index (χ3n) is 1.97.